The van der Waals surface area contributed by atoms with Crippen LogP contribution in [0.25, 0.3) is 11.2 Å². The molecule has 0 bridgehead atoms. The van der Waals surface area contributed by atoms with Crippen LogP contribution in [0, 0.1) is 5.92 Å². The molecular formula is C21H27N4O5+. The Morgan fingerprint density at radius 3 is 2.73 bits per heavy atom. The molecule has 3 aliphatic rings. The van der Waals surface area contributed by atoms with Gasteiger partial charge in [0.1, 0.15) is 0 Å². The molecule has 0 unspecified atom stereocenters. The minimum absolute atomic E-state index is 0.0903. The maximum atomic E-state index is 13.2. The van der Waals surface area contributed by atoms with Crippen molar-refractivity contribution in [2.75, 3.05) is 26.4 Å². The number of carbonyl (C=O) groups is 1. The number of amides is 1. The summed E-state index contributed by atoms with van der Waals surface area (Å²) >= 11 is 0. The summed E-state index contributed by atoms with van der Waals surface area (Å²) in [6, 6.07) is 0.0903. The average Bonchev–Trinajstić information content (AvgIpc) is 3.46. The van der Waals surface area contributed by atoms with Crippen LogP contribution >= 0.6 is 0 Å². The first-order valence-corrected chi connectivity index (χ1v) is 10.7. The zero-order valence-corrected chi connectivity index (χ0v) is 16.9. The van der Waals surface area contributed by atoms with Gasteiger partial charge in [0, 0.05) is 25.2 Å². The van der Waals surface area contributed by atoms with Gasteiger partial charge in [0.05, 0.1) is 31.5 Å². The highest BCUT2D eigenvalue weighted by molar-refractivity contribution is 5.96. The van der Waals surface area contributed by atoms with Gasteiger partial charge >= 0.3 is 17.1 Å². The molecule has 1 saturated carbocycles. The molecular weight excluding hydrogens is 388 g/mol. The van der Waals surface area contributed by atoms with Crippen LogP contribution in [0.4, 0.5) is 0 Å². The number of ether oxygens (including phenoxy) is 2. The van der Waals surface area contributed by atoms with Crippen molar-refractivity contribution in [2.24, 2.45) is 5.92 Å². The number of aromatic amines is 1. The van der Waals surface area contributed by atoms with E-state index < -0.39 is 11.5 Å². The standard InChI is InChI=1S/C21H26N4O5/c26-18(23-15-1-2-15)17-20(27)24(12-13-3-7-29-8-4-13)19-16(11-22-25(19)21(17)28)14-5-9-30-10-6-14/h5,11,13,15H,1-4,6-10,12H2,(H2,23,26,27,28)/p+1. The molecule has 0 spiro atoms. The first-order valence-electron chi connectivity index (χ1n) is 10.7. The van der Waals surface area contributed by atoms with Gasteiger partial charge in [0.15, 0.2) is 0 Å². The van der Waals surface area contributed by atoms with Gasteiger partial charge in [-0.25, -0.2) is 9.89 Å². The van der Waals surface area contributed by atoms with Gasteiger partial charge in [-0.3, -0.25) is 4.79 Å². The van der Waals surface area contributed by atoms with E-state index in [4.69, 9.17) is 9.47 Å². The number of fused-ring (bicyclic) bond motifs is 1. The Hall–Kier alpha value is -2.65. The Morgan fingerprint density at radius 2 is 2.03 bits per heavy atom. The van der Waals surface area contributed by atoms with E-state index in [2.05, 4.69) is 10.4 Å². The smallest absolute Gasteiger partial charge is 0.378 e. The third-order valence-electron chi connectivity index (χ3n) is 6.17. The van der Waals surface area contributed by atoms with Crippen LogP contribution in [0.15, 0.2) is 17.1 Å². The van der Waals surface area contributed by atoms with Gasteiger partial charge in [-0.05, 0) is 37.7 Å². The number of carbonyl (C=O) groups excluding carboxylic acids is 1. The van der Waals surface area contributed by atoms with Gasteiger partial charge in [-0.2, -0.15) is 4.57 Å². The second kappa shape index (κ2) is 7.88. The van der Waals surface area contributed by atoms with Gasteiger partial charge in [0.25, 0.3) is 5.91 Å². The van der Waals surface area contributed by atoms with E-state index in [0.717, 1.165) is 43.2 Å². The molecule has 2 aromatic rings. The molecule has 0 aromatic carbocycles. The third-order valence-corrected chi connectivity index (χ3v) is 6.17. The predicted octanol–water partition coefficient (Wildman–Crippen LogP) is 0.743. The fourth-order valence-corrected chi connectivity index (χ4v) is 4.29. The molecule has 0 radical (unpaired) electrons. The zero-order valence-electron chi connectivity index (χ0n) is 16.9. The summed E-state index contributed by atoms with van der Waals surface area (Å²) < 4.78 is 14.0. The van der Waals surface area contributed by atoms with Crippen molar-refractivity contribution in [1.29, 1.82) is 0 Å². The fraction of sp³-hybridized carbons (Fsp3) is 0.571. The lowest BCUT2D eigenvalue weighted by Gasteiger charge is -2.21. The molecule has 9 nitrogen and oxygen atoms in total. The van der Waals surface area contributed by atoms with Crippen LogP contribution in [0.2, 0.25) is 0 Å². The largest absolute Gasteiger partial charge is 0.477 e. The lowest BCUT2D eigenvalue weighted by molar-refractivity contribution is -0.688. The van der Waals surface area contributed by atoms with Crippen molar-refractivity contribution in [3.8, 4) is 5.88 Å². The van der Waals surface area contributed by atoms with Gasteiger partial charge in [-0.1, -0.05) is 10.6 Å². The molecule has 0 atom stereocenters. The van der Waals surface area contributed by atoms with Crippen LogP contribution in [0.3, 0.4) is 0 Å². The lowest BCUT2D eigenvalue weighted by Crippen LogP contribution is -2.47. The summed E-state index contributed by atoms with van der Waals surface area (Å²) in [6.07, 6.45) is 8.05. The Kier molecular flexibility index (Phi) is 5.08. The topological polar surface area (TPSA) is 109 Å². The predicted molar refractivity (Wildman–Crippen MR) is 107 cm³/mol. The number of rotatable bonds is 5. The van der Waals surface area contributed by atoms with Crippen molar-refractivity contribution in [3.05, 3.63) is 33.8 Å². The van der Waals surface area contributed by atoms with E-state index in [1.165, 1.54) is 4.52 Å². The molecule has 1 amide bonds. The molecule has 2 fully saturated rings. The van der Waals surface area contributed by atoms with Crippen molar-refractivity contribution in [2.45, 2.75) is 44.7 Å². The summed E-state index contributed by atoms with van der Waals surface area (Å²) in [6.45, 7) is 3.00. The lowest BCUT2D eigenvalue weighted by atomic mass is 9.99. The summed E-state index contributed by atoms with van der Waals surface area (Å²) in [4.78, 5) is 25.9. The molecule has 3 N–H and O–H groups in total. The third kappa shape index (κ3) is 3.52. The molecule has 2 aromatic heterocycles. The number of nitrogens with zero attached hydrogens (tertiary/aromatic N) is 2. The first-order chi connectivity index (χ1) is 14.6. The molecule has 2 aliphatic heterocycles. The van der Waals surface area contributed by atoms with E-state index >= 15 is 0 Å². The Labute approximate surface area is 173 Å². The van der Waals surface area contributed by atoms with Gasteiger partial charge in [-0.15, -0.1) is 0 Å². The highest BCUT2D eigenvalue weighted by Gasteiger charge is 2.35. The Bertz CT molecular complexity index is 1060. The molecule has 1 aliphatic carbocycles. The highest BCUT2D eigenvalue weighted by Crippen LogP contribution is 2.26. The number of aromatic hydroxyl groups is 1. The van der Waals surface area contributed by atoms with Gasteiger partial charge < -0.3 is 19.9 Å². The molecule has 30 heavy (non-hydrogen) atoms. The van der Waals surface area contributed by atoms with E-state index in [9.17, 15) is 14.7 Å². The molecule has 5 rings (SSSR count). The number of H-pyrrole nitrogens is 1. The monoisotopic (exact) mass is 415 g/mol. The van der Waals surface area contributed by atoms with Crippen molar-refractivity contribution in [3.63, 3.8) is 0 Å². The second-order valence-electron chi connectivity index (χ2n) is 8.32. The molecule has 4 heterocycles. The Balaban J connectivity index is 1.66. The van der Waals surface area contributed by atoms with E-state index in [1.54, 1.807) is 10.8 Å². The molecule has 1 saturated heterocycles. The van der Waals surface area contributed by atoms with Crippen LogP contribution in [-0.2, 0) is 16.0 Å². The van der Waals surface area contributed by atoms with E-state index in [0.29, 0.717) is 44.5 Å². The van der Waals surface area contributed by atoms with Crippen LogP contribution in [0.1, 0.15) is 48.0 Å². The first kappa shape index (κ1) is 19.3. The number of hydrogen-bond acceptors (Lipinski definition) is 5. The van der Waals surface area contributed by atoms with Gasteiger partial charge in [0.2, 0.25) is 5.56 Å². The minimum Gasteiger partial charge on any atom is -0.477 e. The summed E-state index contributed by atoms with van der Waals surface area (Å²) in [7, 11) is 0. The summed E-state index contributed by atoms with van der Waals surface area (Å²) in [5, 5.41) is 17.0. The summed E-state index contributed by atoms with van der Waals surface area (Å²) in [5.74, 6) is -0.489. The van der Waals surface area contributed by atoms with E-state index in [-0.39, 0.29) is 17.5 Å². The second-order valence-corrected chi connectivity index (χ2v) is 8.32. The molecule has 9 heteroatoms. The quantitative estimate of drug-likeness (QED) is 0.625. The number of nitrogens with one attached hydrogen (secondary N) is 2. The van der Waals surface area contributed by atoms with E-state index in [1.807, 2.05) is 6.08 Å². The molecule has 160 valence electrons. The maximum Gasteiger partial charge on any atom is 0.378 e. The maximum absolute atomic E-state index is 13.2. The minimum atomic E-state index is -0.539. The van der Waals surface area contributed by atoms with Crippen molar-refractivity contribution in [1.82, 2.24) is 14.9 Å². The number of aromatic nitrogens is 3. The van der Waals surface area contributed by atoms with Crippen molar-refractivity contribution >= 4 is 17.1 Å². The number of hydrogen-bond donors (Lipinski definition) is 3. The fourth-order valence-electron chi connectivity index (χ4n) is 4.29. The highest BCUT2D eigenvalue weighted by atomic mass is 16.5. The zero-order chi connectivity index (χ0) is 20.7. The summed E-state index contributed by atoms with van der Waals surface area (Å²) in [5.41, 5.74) is 1.75. The van der Waals surface area contributed by atoms with Crippen LogP contribution in [-0.4, -0.2) is 53.1 Å². The Morgan fingerprint density at radius 1 is 1.23 bits per heavy atom. The van der Waals surface area contributed by atoms with Crippen LogP contribution in [0.5, 0.6) is 5.88 Å². The van der Waals surface area contributed by atoms with Crippen molar-refractivity contribution < 1.29 is 23.9 Å². The normalized spacial score (nSPS) is 20.3. The average molecular weight is 415 g/mol. The van der Waals surface area contributed by atoms with Crippen LogP contribution < -0.4 is 15.4 Å². The SMILES string of the molecule is O=C(NC1CC1)c1c(O)[n+](CC2CCOCC2)c2c(C3=CCOCC3)c[nH]n2c1=O.